The van der Waals surface area contributed by atoms with Gasteiger partial charge in [-0.15, -0.1) is 11.3 Å². The predicted molar refractivity (Wildman–Crippen MR) is 110 cm³/mol. The molecule has 0 fully saturated rings. The molecular formula is C19H21N3O2S2. The highest BCUT2D eigenvalue weighted by atomic mass is 32.2. The van der Waals surface area contributed by atoms with E-state index in [-0.39, 0.29) is 11.5 Å². The molecule has 1 atom stereocenters. The minimum Gasteiger partial charge on any atom is -0.324 e. The number of fused-ring (bicyclic) bond motifs is 1. The molecule has 26 heavy (non-hydrogen) atoms. The topological polar surface area (TPSA) is 64.0 Å². The summed E-state index contributed by atoms with van der Waals surface area (Å²) in [6, 6.07) is 8.81. The van der Waals surface area contributed by atoms with Crippen LogP contribution >= 0.6 is 23.1 Å². The van der Waals surface area contributed by atoms with Crippen molar-refractivity contribution in [1.82, 2.24) is 9.55 Å². The summed E-state index contributed by atoms with van der Waals surface area (Å²) >= 11 is 2.91. The molecule has 0 saturated heterocycles. The summed E-state index contributed by atoms with van der Waals surface area (Å²) in [6.45, 7) is 5.72. The molecule has 1 unspecified atom stereocenters. The Morgan fingerprint density at radius 3 is 2.77 bits per heavy atom. The molecule has 0 spiro atoms. The lowest BCUT2D eigenvalue weighted by Crippen LogP contribution is -2.33. The van der Waals surface area contributed by atoms with Gasteiger partial charge in [0.25, 0.3) is 5.56 Å². The minimum absolute atomic E-state index is 0.164. The van der Waals surface area contributed by atoms with Crippen molar-refractivity contribution in [2.45, 2.75) is 38.4 Å². The summed E-state index contributed by atoms with van der Waals surface area (Å²) in [5, 5.41) is 4.06. The van der Waals surface area contributed by atoms with Gasteiger partial charge in [0, 0.05) is 10.6 Å². The van der Waals surface area contributed by atoms with Crippen molar-refractivity contribution in [2.75, 3.05) is 11.6 Å². The number of hydrogen-bond donors (Lipinski definition) is 1. The van der Waals surface area contributed by atoms with Crippen LogP contribution in [-0.2, 0) is 11.2 Å². The zero-order chi connectivity index (χ0) is 18.8. The van der Waals surface area contributed by atoms with Gasteiger partial charge in [-0.1, -0.05) is 36.9 Å². The van der Waals surface area contributed by atoms with Crippen LogP contribution in [0.3, 0.4) is 0 Å². The first kappa shape index (κ1) is 18.7. The lowest BCUT2D eigenvalue weighted by Gasteiger charge is -2.18. The van der Waals surface area contributed by atoms with Gasteiger partial charge in [0.15, 0.2) is 5.16 Å². The van der Waals surface area contributed by atoms with E-state index in [0.29, 0.717) is 10.5 Å². The molecule has 3 rings (SSSR count). The van der Waals surface area contributed by atoms with E-state index in [1.807, 2.05) is 43.5 Å². The highest BCUT2D eigenvalue weighted by molar-refractivity contribution is 7.98. The third-order valence-corrected chi connectivity index (χ3v) is 6.14. The lowest BCUT2D eigenvalue weighted by molar-refractivity contribution is -0.119. The number of amides is 1. The summed E-state index contributed by atoms with van der Waals surface area (Å²) in [7, 11) is 0. The maximum Gasteiger partial charge on any atom is 0.263 e. The number of thioether (sulfide) groups is 1. The van der Waals surface area contributed by atoms with Crippen molar-refractivity contribution in [3.05, 3.63) is 51.1 Å². The number of nitrogens with zero attached hydrogens (tertiary/aromatic N) is 2. The summed E-state index contributed by atoms with van der Waals surface area (Å²) in [6.07, 6.45) is 2.73. The van der Waals surface area contributed by atoms with Crippen molar-refractivity contribution in [1.29, 1.82) is 0 Å². The summed E-state index contributed by atoms with van der Waals surface area (Å²) in [5.74, 6) is -0.233. The summed E-state index contributed by atoms with van der Waals surface area (Å²) < 4.78 is 1.49. The number of rotatable bonds is 5. The first-order chi connectivity index (χ1) is 12.5. The number of hydrogen-bond acceptors (Lipinski definition) is 5. The number of aromatic nitrogens is 2. The number of carbonyl (C=O) groups is 1. The fourth-order valence-corrected chi connectivity index (χ4v) is 4.39. The van der Waals surface area contributed by atoms with Crippen LogP contribution in [0.2, 0.25) is 0 Å². The van der Waals surface area contributed by atoms with Crippen molar-refractivity contribution >= 4 is 44.9 Å². The van der Waals surface area contributed by atoms with Crippen LogP contribution in [0.4, 0.5) is 5.69 Å². The molecule has 0 radical (unpaired) electrons. The summed E-state index contributed by atoms with van der Waals surface area (Å²) in [4.78, 5) is 32.3. The van der Waals surface area contributed by atoms with E-state index >= 15 is 0 Å². The Morgan fingerprint density at radius 1 is 1.38 bits per heavy atom. The number of anilines is 1. The molecule has 5 nitrogen and oxygen atoms in total. The zero-order valence-electron chi connectivity index (χ0n) is 15.2. The quantitative estimate of drug-likeness (QED) is 0.525. The second kappa shape index (κ2) is 7.63. The Bertz CT molecular complexity index is 1020. The largest absolute Gasteiger partial charge is 0.324 e. The third-order valence-electron chi connectivity index (χ3n) is 4.32. The fraction of sp³-hybridized carbons (Fsp3) is 0.316. The Morgan fingerprint density at radius 2 is 2.12 bits per heavy atom. The number of carbonyl (C=O) groups excluding carboxylic acids is 1. The number of nitrogens with one attached hydrogen (secondary N) is 1. The van der Waals surface area contributed by atoms with E-state index in [0.717, 1.165) is 27.4 Å². The van der Waals surface area contributed by atoms with Crippen LogP contribution in [-0.4, -0.2) is 21.7 Å². The van der Waals surface area contributed by atoms with Gasteiger partial charge in [0.05, 0.1) is 5.39 Å². The van der Waals surface area contributed by atoms with E-state index in [1.54, 1.807) is 6.92 Å². The van der Waals surface area contributed by atoms with Crippen LogP contribution in [0.1, 0.15) is 30.3 Å². The molecule has 2 heterocycles. The molecule has 1 amide bonds. The van der Waals surface area contributed by atoms with Gasteiger partial charge in [-0.2, -0.15) is 0 Å². The highest BCUT2D eigenvalue weighted by Gasteiger charge is 2.23. The second-order valence-electron chi connectivity index (χ2n) is 6.04. The molecule has 1 N–H and O–H groups in total. The fourth-order valence-electron chi connectivity index (χ4n) is 2.75. The third kappa shape index (κ3) is 3.41. The van der Waals surface area contributed by atoms with Crippen molar-refractivity contribution in [2.24, 2.45) is 0 Å². The van der Waals surface area contributed by atoms with E-state index in [4.69, 9.17) is 0 Å². The van der Waals surface area contributed by atoms with Crippen LogP contribution in [0.15, 0.2) is 40.3 Å². The van der Waals surface area contributed by atoms with E-state index < -0.39 is 6.04 Å². The molecule has 0 saturated carbocycles. The van der Waals surface area contributed by atoms with Gasteiger partial charge < -0.3 is 5.32 Å². The molecular weight excluding hydrogens is 366 g/mol. The standard InChI is InChI=1S/C19H21N3O2S2/c1-5-13-10-14-17(26-13)21-19(25-4)22(18(14)24)12(3)16(23)20-15-9-7-6-8-11(15)2/h6-10,12H,5H2,1-4H3,(H,20,23). The zero-order valence-corrected chi connectivity index (χ0v) is 16.8. The smallest absolute Gasteiger partial charge is 0.263 e. The number of aryl methyl sites for hydroxylation is 2. The Kier molecular flexibility index (Phi) is 5.48. The van der Waals surface area contributed by atoms with Crippen LogP contribution in [0, 0.1) is 6.92 Å². The van der Waals surface area contributed by atoms with Crippen LogP contribution < -0.4 is 10.9 Å². The average molecular weight is 388 g/mol. The maximum atomic E-state index is 13.0. The van der Waals surface area contributed by atoms with Crippen molar-refractivity contribution < 1.29 is 4.79 Å². The molecule has 0 aliphatic heterocycles. The first-order valence-corrected chi connectivity index (χ1v) is 10.5. The Labute approximate surface area is 160 Å². The van der Waals surface area contributed by atoms with Gasteiger partial charge in [0.2, 0.25) is 5.91 Å². The highest BCUT2D eigenvalue weighted by Crippen LogP contribution is 2.26. The molecule has 1 aromatic carbocycles. The monoisotopic (exact) mass is 387 g/mol. The van der Waals surface area contributed by atoms with Crippen molar-refractivity contribution in [3.8, 4) is 0 Å². The van der Waals surface area contributed by atoms with Gasteiger partial charge in [0.1, 0.15) is 10.9 Å². The molecule has 0 aliphatic rings. The molecule has 136 valence electrons. The molecule has 0 bridgehead atoms. The van der Waals surface area contributed by atoms with Gasteiger partial charge in [-0.25, -0.2) is 4.98 Å². The minimum atomic E-state index is -0.661. The van der Waals surface area contributed by atoms with Crippen LogP contribution in [0.5, 0.6) is 0 Å². The summed E-state index contributed by atoms with van der Waals surface area (Å²) in [5.41, 5.74) is 1.56. The lowest BCUT2D eigenvalue weighted by atomic mass is 10.2. The number of benzene rings is 1. The molecule has 2 aromatic heterocycles. The van der Waals surface area contributed by atoms with Crippen LogP contribution in [0.25, 0.3) is 10.2 Å². The van der Waals surface area contributed by atoms with Gasteiger partial charge >= 0.3 is 0 Å². The average Bonchev–Trinajstić information content (AvgIpc) is 3.06. The van der Waals surface area contributed by atoms with E-state index in [2.05, 4.69) is 17.2 Å². The molecule has 3 aromatic rings. The second-order valence-corrected chi connectivity index (χ2v) is 7.93. The number of para-hydroxylation sites is 1. The van der Waals surface area contributed by atoms with E-state index in [1.165, 1.54) is 27.7 Å². The van der Waals surface area contributed by atoms with Crippen molar-refractivity contribution in [3.63, 3.8) is 0 Å². The predicted octanol–water partition coefficient (Wildman–Crippen LogP) is 4.25. The molecule has 7 heteroatoms. The Hall–Kier alpha value is -2.12. The Balaban J connectivity index is 2.02. The van der Waals surface area contributed by atoms with Gasteiger partial charge in [-0.3, -0.25) is 14.2 Å². The normalized spacial score (nSPS) is 12.3. The van der Waals surface area contributed by atoms with Gasteiger partial charge in [-0.05, 0) is 44.2 Å². The maximum absolute atomic E-state index is 13.0. The van der Waals surface area contributed by atoms with E-state index in [9.17, 15) is 9.59 Å². The number of thiophene rings is 1. The SMILES string of the molecule is CCc1cc2c(=O)n(C(C)C(=O)Nc3ccccc3C)c(SC)nc2s1. The molecule has 0 aliphatic carbocycles. The first-order valence-electron chi connectivity index (χ1n) is 8.41.